The van der Waals surface area contributed by atoms with Gasteiger partial charge in [-0.05, 0) is 25.1 Å². The standard InChI is InChI=1S/C20H17NO2/c1-3-21-18-12-8-7-11-16(18)17(19(21)20(22)23-2)14-13-15-9-5-4-6-10-15/h4-12H,3H2,1-2H3. The third-order valence-corrected chi connectivity index (χ3v) is 3.77. The first-order valence-corrected chi connectivity index (χ1v) is 7.53. The Morgan fingerprint density at radius 2 is 1.74 bits per heavy atom. The van der Waals surface area contributed by atoms with Crippen molar-refractivity contribution in [1.82, 2.24) is 4.57 Å². The van der Waals surface area contributed by atoms with Crippen LogP contribution >= 0.6 is 0 Å². The van der Waals surface area contributed by atoms with Gasteiger partial charge >= 0.3 is 5.97 Å². The minimum absolute atomic E-state index is 0.361. The number of methoxy groups -OCH3 is 1. The second kappa shape index (κ2) is 6.41. The smallest absolute Gasteiger partial charge is 0.356 e. The van der Waals surface area contributed by atoms with E-state index in [0.717, 1.165) is 22.0 Å². The number of aryl methyl sites for hydroxylation is 1. The summed E-state index contributed by atoms with van der Waals surface area (Å²) in [5.74, 6) is 5.95. The molecule has 3 nitrogen and oxygen atoms in total. The van der Waals surface area contributed by atoms with E-state index in [9.17, 15) is 4.79 Å². The first kappa shape index (κ1) is 14.9. The van der Waals surface area contributed by atoms with Crippen molar-refractivity contribution in [1.29, 1.82) is 0 Å². The van der Waals surface area contributed by atoms with Gasteiger partial charge in [0, 0.05) is 23.0 Å². The summed E-state index contributed by atoms with van der Waals surface area (Å²) in [7, 11) is 1.40. The molecule has 0 saturated carbocycles. The highest BCUT2D eigenvalue weighted by atomic mass is 16.5. The summed E-state index contributed by atoms with van der Waals surface area (Å²) in [4.78, 5) is 12.3. The molecule has 1 heterocycles. The summed E-state index contributed by atoms with van der Waals surface area (Å²) in [5.41, 5.74) is 3.14. The highest BCUT2D eigenvalue weighted by molar-refractivity contribution is 6.01. The SMILES string of the molecule is CCn1c(C(=O)OC)c(C#Cc2ccccc2)c2ccccc21. The molecule has 0 radical (unpaired) electrons. The number of carbonyl (C=O) groups excluding carboxylic acids is 1. The van der Waals surface area contributed by atoms with Gasteiger partial charge in [-0.25, -0.2) is 4.79 Å². The predicted octanol–water partition coefficient (Wildman–Crippen LogP) is 3.85. The number of aromatic nitrogens is 1. The highest BCUT2D eigenvalue weighted by Gasteiger charge is 2.21. The zero-order valence-electron chi connectivity index (χ0n) is 13.2. The van der Waals surface area contributed by atoms with Crippen molar-refractivity contribution in [2.45, 2.75) is 13.5 Å². The summed E-state index contributed by atoms with van der Waals surface area (Å²) in [5, 5.41) is 0.971. The summed E-state index contributed by atoms with van der Waals surface area (Å²) in [6.45, 7) is 2.69. The Hall–Kier alpha value is -2.99. The Labute approximate surface area is 135 Å². The molecule has 0 aliphatic carbocycles. The van der Waals surface area contributed by atoms with Crippen LogP contribution in [0.25, 0.3) is 10.9 Å². The van der Waals surface area contributed by atoms with Crippen molar-refractivity contribution >= 4 is 16.9 Å². The molecule has 3 aromatic rings. The molecule has 0 spiro atoms. The quantitative estimate of drug-likeness (QED) is 0.532. The molecule has 1 aromatic heterocycles. The van der Waals surface area contributed by atoms with Crippen LogP contribution in [0, 0.1) is 11.8 Å². The minimum Gasteiger partial charge on any atom is -0.464 e. The van der Waals surface area contributed by atoms with E-state index in [4.69, 9.17) is 4.74 Å². The molecule has 0 fully saturated rings. The van der Waals surface area contributed by atoms with Crippen LogP contribution < -0.4 is 0 Å². The molecule has 0 aliphatic heterocycles. The number of carbonyl (C=O) groups is 1. The van der Waals surface area contributed by atoms with Crippen LogP contribution in [-0.4, -0.2) is 17.6 Å². The lowest BCUT2D eigenvalue weighted by Gasteiger charge is -2.06. The molecule has 0 amide bonds. The molecule has 23 heavy (non-hydrogen) atoms. The number of rotatable bonds is 2. The van der Waals surface area contributed by atoms with Crippen LogP contribution in [0.3, 0.4) is 0 Å². The van der Waals surface area contributed by atoms with Crippen molar-refractivity contribution in [3.05, 3.63) is 71.4 Å². The number of hydrogen-bond donors (Lipinski definition) is 0. The highest BCUT2D eigenvalue weighted by Crippen LogP contribution is 2.26. The molecule has 0 aliphatic rings. The zero-order valence-corrected chi connectivity index (χ0v) is 13.2. The van der Waals surface area contributed by atoms with E-state index in [-0.39, 0.29) is 5.97 Å². The van der Waals surface area contributed by atoms with Crippen LogP contribution in [0.4, 0.5) is 0 Å². The number of nitrogens with zero attached hydrogens (tertiary/aromatic N) is 1. The van der Waals surface area contributed by atoms with Gasteiger partial charge in [-0.15, -0.1) is 0 Å². The van der Waals surface area contributed by atoms with Crippen molar-refractivity contribution in [3.63, 3.8) is 0 Å². The summed E-state index contributed by atoms with van der Waals surface area (Å²) < 4.78 is 6.93. The molecule has 0 saturated heterocycles. The number of hydrogen-bond acceptors (Lipinski definition) is 2. The third-order valence-electron chi connectivity index (χ3n) is 3.77. The molecule has 0 bridgehead atoms. The molecular formula is C20H17NO2. The molecule has 114 valence electrons. The first-order chi connectivity index (χ1) is 11.3. The van der Waals surface area contributed by atoms with Gasteiger partial charge in [0.25, 0.3) is 0 Å². The van der Waals surface area contributed by atoms with Gasteiger partial charge in [-0.1, -0.05) is 48.2 Å². The van der Waals surface area contributed by atoms with E-state index < -0.39 is 0 Å². The molecule has 3 rings (SSSR count). The van der Waals surface area contributed by atoms with Crippen molar-refractivity contribution in [2.75, 3.05) is 7.11 Å². The Morgan fingerprint density at radius 3 is 2.43 bits per heavy atom. The maximum Gasteiger partial charge on any atom is 0.356 e. The second-order valence-corrected chi connectivity index (χ2v) is 5.09. The van der Waals surface area contributed by atoms with Crippen LogP contribution in [0.5, 0.6) is 0 Å². The topological polar surface area (TPSA) is 31.2 Å². The maximum atomic E-state index is 12.3. The minimum atomic E-state index is -0.361. The molecular weight excluding hydrogens is 286 g/mol. The summed E-state index contributed by atoms with van der Waals surface area (Å²) >= 11 is 0. The lowest BCUT2D eigenvalue weighted by atomic mass is 10.1. The fourth-order valence-electron chi connectivity index (χ4n) is 2.72. The monoisotopic (exact) mass is 303 g/mol. The predicted molar refractivity (Wildman–Crippen MR) is 91.4 cm³/mol. The van der Waals surface area contributed by atoms with Crippen LogP contribution in [0.2, 0.25) is 0 Å². The van der Waals surface area contributed by atoms with Crippen LogP contribution in [0.15, 0.2) is 54.6 Å². The molecule has 2 aromatic carbocycles. The molecule has 0 N–H and O–H groups in total. The van der Waals surface area contributed by atoms with E-state index in [1.54, 1.807) is 0 Å². The Kier molecular flexibility index (Phi) is 4.16. The van der Waals surface area contributed by atoms with Gasteiger partial charge in [-0.2, -0.15) is 0 Å². The fourth-order valence-corrected chi connectivity index (χ4v) is 2.72. The number of fused-ring (bicyclic) bond motifs is 1. The maximum absolute atomic E-state index is 12.3. The van der Waals surface area contributed by atoms with Gasteiger partial charge in [-0.3, -0.25) is 0 Å². The van der Waals surface area contributed by atoms with Gasteiger partial charge in [0.2, 0.25) is 0 Å². The van der Waals surface area contributed by atoms with Crippen molar-refractivity contribution in [3.8, 4) is 11.8 Å². The number of para-hydroxylation sites is 1. The Balaban J connectivity index is 2.26. The second-order valence-electron chi connectivity index (χ2n) is 5.09. The largest absolute Gasteiger partial charge is 0.464 e. The lowest BCUT2D eigenvalue weighted by molar-refractivity contribution is 0.0589. The Morgan fingerprint density at radius 1 is 1.04 bits per heavy atom. The Bertz CT molecular complexity index is 911. The van der Waals surface area contributed by atoms with Crippen molar-refractivity contribution in [2.24, 2.45) is 0 Å². The molecule has 3 heteroatoms. The van der Waals surface area contributed by atoms with E-state index in [1.807, 2.05) is 66.1 Å². The summed E-state index contributed by atoms with van der Waals surface area (Å²) in [6.07, 6.45) is 0. The van der Waals surface area contributed by atoms with E-state index in [1.165, 1.54) is 7.11 Å². The summed E-state index contributed by atoms with van der Waals surface area (Å²) in [6, 6.07) is 17.6. The van der Waals surface area contributed by atoms with Gasteiger partial charge < -0.3 is 9.30 Å². The zero-order chi connectivity index (χ0) is 16.2. The van der Waals surface area contributed by atoms with E-state index >= 15 is 0 Å². The van der Waals surface area contributed by atoms with Gasteiger partial charge in [0.1, 0.15) is 5.69 Å². The average molecular weight is 303 g/mol. The van der Waals surface area contributed by atoms with Crippen LogP contribution in [-0.2, 0) is 11.3 Å². The van der Waals surface area contributed by atoms with Crippen LogP contribution in [0.1, 0.15) is 28.5 Å². The number of ether oxygens (including phenoxy) is 1. The van der Waals surface area contributed by atoms with E-state index in [0.29, 0.717) is 12.2 Å². The lowest BCUT2D eigenvalue weighted by Crippen LogP contribution is -2.11. The molecule has 0 atom stereocenters. The van der Waals surface area contributed by atoms with Gasteiger partial charge in [0.15, 0.2) is 0 Å². The van der Waals surface area contributed by atoms with E-state index in [2.05, 4.69) is 11.8 Å². The average Bonchev–Trinajstić information content (AvgIpc) is 2.93. The normalized spacial score (nSPS) is 10.2. The molecule has 0 unspecified atom stereocenters. The van der Waals surface area contributed by atoms with Gasteiger partial charge in [0.05, 0.1) is 12.7 Å². The third kappa shape index (κ3) is 2.72. The van der Waals surface area contributed by atoms with Crippen molar-refractivity contribution < 1.29 is 9.53 Å². The number of esters is 1. The fraction of sp³-hybridized carbons (Fsp3) is 0.150. The number of benzene rings is 2. The first-order valence-electron chi connectivity index (χ1n) is 7.53.